The van der Waals surface area contributed by atoms with Crippen LogP contribution in [-0.4, -0.2) is 35.5 Å². The van der Waals surface area contributed by atoms with Crippen molar-refractivity contribution in [1.29, 1.82) is 0 Å². The summed E-state index contributed by atoms with van der Waals surface area (Å²) in [6.45, 7) is 0.843. The van der Waals surface area contributed by atoms with Crippen LogP contribution in [0.5, 0.6) is 0 Å². The molecular formula is C30H22FN3O2. The lowest BCUT2D eigenvalue weighted by Crippen LogP contribution is -2.33. The highest BCUT2D eigenvalue weighted by Gasteiger charge is 2.35. The standard InChI is InChI=1S/C30H22FN3O2/c31-24-14-5-3-12-22(24)28-23-13-4-7-16-26(23)33(27-17-8-6-15-25(27)32-28)18-9-19-34-29(35)20-10-1-2-11-21(20)30(34)36/h1-8,10-17H,9,18-19H2. The number of imide groups is 1. The number of amides is 2. The Labute approximate surface area is 208 Å². The van der Waals surface area contributed by atoms with Crippen molar-refractivity contribution in [2.24, 2.45) is 4.99 Å². The van der Waals surface area contributed by atoms with Gasteiger partial charge in [-0.1, -0.05) is 54.6 Å². The Morgan fingerprint density at radius 1 is 0.583 bits per heavy atom. The van der Waals surface area contributed by atoms with E-state index in [2.05, 4.69) is 4.90 Å². The van der Waals surface area contributed by atoms with E-state index in [1.807, 2.05) is 48.5 Å². The second-order valence-electron chi connectivity index (χ2n) is 8.76. The number of nitrogens with zero attached hydrogens (tertiary/aromatic N) is 3. The number of carbonyl (C=O) groups is 2. The van der Waals surface area contributed by atoms with E-state index in [9.17, 15) is 14.0 Å². The third kappa shape index (κ3) is 3.58. The molecule has 0 aromatic heterocycles. The maximum atomic E-state index is 14.9. The highest BCUT2D eigenvalue weighted by molar-refractivity contribution is 6.21. The van der Waals surface area contributed by atoms with E-state index in [0.29, 0.717) is 41.9 Å². The fourth-order valence-electron chi connectivity index (χ4n) is 4.94. The lowest BCUT2D eigenvalue weighted by atomic mass is 9.99. The molecule has 6 rings (SSSR count). The van der Waals surface area contributed by atoms with E-state index in [0.717, 1.165) is 22.6 Å². The van der Waals surface area contributed by atoms with Gasteiger partial charge in [-0.05, 0) is 48.9 Å². The number of anilines is 2. The number of aliphatic imine (C=N–C) groups is 1. The Morgan fingerprint density at radius 2 is 1.11 bits per heavy atom. The normalized spacial score (nSPS) is 14.2. The number of fused-ring (bicyclic) bond motifs is 3. The second kappa shape index (κ2) is 8.89. The first-order valence-corrected chi connectivity index (χ1v) is 11.9. The van der Waals surface area contributed by atoms with Gasteiger partial charge < -0.3 is 4.90 Å². The molecule has 176 valence electrons. The number of hydrogen-bond acceptors (Lipinski definition) is 4. The van der Waals surface area contributed by atoms with Crippen LogP contribution in [0.25, 0.3) is 0 Å². The summed E-state index contributed by atoms with van der Waals surface area (Å²) in [4.78, 5) is 34.0. The van der Waals surface area contributed by atoms with Gasteiger partial charge in [0.2, 0.25) is 0 Å². The molecule has 0 saturated carbocycles. The first-order chi connectivity index (χ1) is 17.6. The van der Waals surface area contributed by atoms with Crippen molar-refractivity contribution >= 4 is 34.6 Å². The molecule has 0 bridgehead atoms. The molecule has 2 aliphatic rings. The van der Waals surface area contributed by atoms with Crippen LogP contribution in [0.4, 0.5) is 21.5 Å². The fourth-order valence-corrected chi connectivity index (χ4v) is 4.94. The van der Waals surface area contributed by atoms with E-state index in [4.69, 9.17) is 4.99 Å². The molecule has 0 N–H and O–H groups in total. The van der Waals surface area contributed by atoms with Crippen LogP contribution in [0.1, 0.15) is 38.3 Å². The van der Waals surface area contributed by atoms with Crippen molar-refractivity contribution < 1.29 is 14.0 Å². The third-order valence-corrected chi connectivity index (χ3v) is 6.63. The first-order valence-electron chi connectivity index (χ1n) is 11.9. The van der Waals surface area contributed by atoms with Crippen LogP contribution in [0.3, 0.4) is 0 Å². The molecule has 0 radical (unpaired) electrons. The number of hydrogen-bond donors (Lipinski definition) is 0. The second-order valence-corrected chi connectivity index (χ2v) is 8.76. The SMILES string of the molecule is O=C1c2ccccc2C(=O)N1CCCN1c2ccccc2N=C(c2ccccc2F)c2ccccc21. The van der Waals surface area contributed by atoms with Gasteiger partial charge >= 0.3 is 0 Å². The Kier molecular flexibility index (Phi) is 5.41. The highest BCUT2D eigenvalue weighted by Crippen LogP contribution is 2.40. The summed E-state index contributed by atoms with van der Waals surface area (Å²) in [7, 11) is 0. The maximum absolute atomic E-state index is 14.9. The minimum atomic E-state index is -0.331. The van der Waals surface area contributed by atoms with E-state index < -0.39 is 0 Å². The minimum absolute atomic E-state index is 0.252. The lowest BCUT2D eigenvalue weighted by Gasteiger charge is -2.27. The van der Waals surface area contributed by atoms with Crippen molar-refractivity contribution in [2.45, 2.75) is 6.42 Å². The van der Waals surface area contributed by atoms with Gasteiger partial charge in [0.05, 0.1) is 33.9 Å². The maximum Gasteiger partial charge on any atom is 0.261 e. The minimum Gasteiger partial charge on any atom is -0.339 e. The van der Waals surface area contributed by atoms with Crippen LogP contribution >= 0.6 is 0 Å². The molecule has 2 aliphatic heterocycles. The van der Waals surface area contributed by atoms with E-state index in [1.165, 1.54) is 11.0 Å². The molecule has 0 atom stereocenters. The number of benzene rings is 4. The van der Waals surface area contributed by atoms with Gasteiger partial charge in [0.15, 0.2) is 0 Å². The molecule has 0 aliphatic carbocycles. The molecule has 0 saturated heterocycles. The average molecular weight is 476 g/mol. The molecule has 0 fully saturated rings. The van der Waals surface area contributed by atoms with Crippen molar-refractivity contribution in [3.8, 4) is 0 Å². The summed E-state index contributed by atoms with van der Waals surface area (Å²) in [5.74, 6) is -0.836. The van der Waals surface area contributed by atoms with Crippen molar-refractivity contribution in [1.82, 2.24) is 4.90 Å². The Hall–Kier alpha value is -4.58. The molecule has 5 nitrogen and oxygen atoms in total. The van der Waals surface area contributed by atoms with Gasteiger partial charge in [-0.3, -0.25) is 14.5 Å². The lowest BCUT2D eigenvalue weighted by molar-refractivity contribution is 0.0653. The van der Waals surface area contributed by atoms with Crippen LogP contribution in [0, 0.1) is 5.82 Å². The van der Waals surface area contributed by atoms with Gasteiger partial charge in [-0.15, -0.1) is 0 Å². The Bertz CT molecular complexity index is 1510. The van der Waals surface area contributed by atoms with Gasteiger partial charge in [0.25, 0.3) is 11.8 Å². The summed E-state index contributed by atoms with van der Waals surface area (Å²) in [6.07, 6.45) is 0.559. The molecule has 4 aromatic rings. The highest BCUT2D eigenvalue weighted by atomic mass is 19.1. The predicted octanol–water partition coefficient (Wildman–Crippen LogP) is 6.13. The van der Waals surface area contributed by atoms with Crippen molar-refractivity contribution in [2.75, 3.05) is 18.0 Å². The number of halogens is 1. The molecule has 2 amide bonds. The van der Waals surface area contributed by atoms with Gasteiger partial charge in [-0.25, -0.2) is 9.38 Å². The smallest absolute Gasteiger partial charge is 0.261 e. The monoisotopic (exact) mass is 475 g/mol. The molecule has 6 heteroatoms. The number of rotatable bonds is 5. The van der Waals surface area contributed by atoms with E-state index >= 15 is 0 Å². The summed E-state index contributed by atoms with van der Waals surface area (Å²) >= 11 is 0. The van der Waals surface area contributed by atoms with E-state index in [-0.39, 0.29) is 17.6 Å². The van der Waals surface area contributed by atoms with Crippen LogP contribution < -0.4 is 4.90 Å². The largest absolute Gasteiger partial charge is 0.339 e. The topological polar surface area (TPSA) is 53.0 Å². The molecule has 36 heavy (non-hydrogen) atoms. The fraction of sp³-hybridized carbons (Fsp3) is 0.100. The summed E-state index contributed by atoms with van der Waals surface area (Å²) in [5.41, 5.74) is 5.25. The van der Waals surface area contributed by atoms with Crippen molar-refractivity contribution in [3.63, 3.8) is 0 Å². The quantitative estimate of drug-likeness (QED) is 0.326. The van der Waals surface area contributed by atoms with Gasteiger partial charge in [0, 0.05) is 24.2 Å². The average Bonchev–Trinajstić information content (AvgIpc) is 3.07. The first kappa shape index (κ1) is 21.9. The molecule has 0 spiro atoms. The van der Waals surface area contributed by atoms with E-state index in [1.54, 1.807) is 42.5 Å². The number of para-hydroxylation sites is 3. The Morgan fingerprint density at radius 3 is 1.81 bits per heavy atom. The Balaban J connectivity index is 1.34. The number of carbonyl (C=O) groups excluding carboxylic acids is 2. The predicted molar refractivity (Wildman–Crippen MR) is 138 cm³/mol. The van der Waals surface area contributed by atoms with Gasteiger partial charge in [0.1, 0.15) is 5.82 Å². The van der Waals surface area contributed by atoms with Crippen LogP contribution in [0.2, 0.25) is 0 Å². The summed E-state index contributed by atoms with van der Waals surface area (Å²) in [6, 6.07) is 29.2. The van der Waals surface area contributed by atoms with Gasteiger partial charge in [-0.2, -0.15) is 0 Å². The molecular weight excluding hydrogens is 453 g/mol. The zero-order valence-electron chi connectivity index (χ0n) is 19.4. The molecule has 4 aromatic carbocycles. The van der Waals surface area contributed by atoms with Crippen molar-refractivity contribution in [3.05, 3.63) is 125 Å². The van der Waals surface area contributed by atoms with Crippen LogP contribution in [-0.2, 0) is 0 Å². The summed E-state index contributed by atoms with van der Waals surface area (Å²) < 4.78 is 14.9. The summed E-state index contributed by atoms with van der Waals surface area (Å²) in [5, 5.41) is 0. The zero-order chi connectivity index (χ0) is 24.6. The third-order valence-electron chi connectivity index (χ3n) is 6.63. The molecule has 2 heterocycles. The zero-order valence-corrected chi connectivity index (χ0v) is 19.4. The van der Waals surface area contributed by atoms with Crippen LogP contribution in [0.15, 0.2) is 102 Å². The molecule has 0 unspecified atom stereocenters.